The molecule has 1 saturated heterocycles. The highest BCUT2D eigenvalue weighted by Crippen LogP contribution is 2.29. The number of carbonyl (C=O) groups is 1. The molecule has 0 saturated carbocycles. The third-order valence-electron chi connectivity index (χ3n) is 4.11. The number of hydrogen-bond donors (Lipinski definition) is 1. The maximum atomic E-state index is 12.6. The third-order valence-corrected chi connectivity index (χ3v) is 4.11. The average molecular weight is 380 g/mol. The van der Waals surface area contributed by atoms with E-state index in [1.54, 1.807) is 12.3 Å². The van der Waals surface area contributed by atoms with E-state index < -0.39 is 11.7 Å². The van der Waals surface area contributed by atoms with Crippen molar-refractivity contribution in [2.24, 2.45) is 0 Å². The third kappa shape index (κ3) is 5.40. The summed E-state index contributed by atoms with van der Waals surface area (Å²) in [4.78, 5) is 22.7. The normalized spacial score (nSPS) is 14.9. The lowest BCUT2D eigenvalue weighted by molar-refractivity contribution is -0.137. The van der Waals surface area contributed by atoms with Crippen LogP contribution in [0.1, 0.15) is 16.8 Å². The Labute approximate surface area is 154 Å². The topological polar surface area (TPSA) is 67.4 Å². The molecule has 1 aromatic carbocycles. The van der Waals surface area contributed by atoms with Gasteiger partial charge in [-0.15, -0.1) is 0 Å². The summed E-state index contributed by atoms with van der Waals surface area (Å²) in [6, 6.07) is 6.28. The van der Waals surface area contributed by atoms with E-state index in [0.717, 1.165) is 12.1 Å². The molecule has 0 spiro atoms. The number of carbonyl (C=O) groups excluding carboxylic acids is 1. The van der Waals surface area contributed by atoms with E-state index in [0.29, 0.717) is 43.5 Å². The molecule has 1 aromatic heterocycles. The number of nitrogens with zero attached hydrogens (tertiary/aromatic N) is 3. The lowest BCUT2D eigenvalue weighted by Gasteiger charge is -2.26. The first-order valence-corrected chi connectivity index (χ1v) is 8.49. The van der Waals surface area contributed by atoms with Gasteiger partial charge in [-0.3, -0.25) is 4.79 Å². The predicted octanol–water partition coefficient (Wildman–Crippen LogP) is 2.19. The van der Waals surface area contributed by atoms with Gasteiger partial charge >= 0.3 is 6.18 Å². The summed E-state index contributed by atoms with van der Waals surface area (Å²) >= 11 is 0. The number of amides is 1. The predicted molar refractivity (Wildman–Crippen MR) is 92.1 cm³/mol. The van der Waals surface area contributed by atoms with E-state index in [1.165, 1.54) is 12.1 Å². The van der Waals surface area contributed by atoms with E-state index in [1.807, 2.05) is 4.90 Å². The Hall–Kier alpha value is -2.68. The van der Waals surface area contributed by atoms with Gasteiger partial charge in [-0.2, -0.15) is 13.2 Å². The highest BCUT2D eigenvalue weighted by atomic mass is 19.4. The molecule has 0 unspecified atom stereocenters. The van der Waals surface area contributed by atoms with Gasteiger partial charge in [0.25, 0.3) is 0 Å². The quantitative estimate of drug-likeness (QED) is 0.861. The Kier molecular flexibility index (Phi) is 5.90. The zero-order valence-corrected chi connectivity index (χ0v) is 14.5. The molecule has 1 amide bonds. The van der Waals surface area contributed by atoms with Crippen molar-refractivity contribution in [2.75, 3.05) is 31.2 Å². The monoisotopic (exact) mass is 380 g/mol. The first kappa shape index (κ1) is 19.1. The standard InChI is InChI=1S/C18H19F3N4O2/c19-18(20,21)14-3-1-13(2-4-14)11-16(26)23-12-15-5-6-22-17(24-15)25-7-9-27-10-8-25/h1-6H,7-12H2,(H,23,26). The van der Waals surface area contributed by atoms with E-state index in [-0.39, 0.29) is 18.9 Å². The second kappa shape index (κ2) is 8.34. The highest BCUT2D eigenvalue weighted by Gasteiger charge is 2.29. The van der Waals surface area contributed by atoms with Crippen LogP contribution in [0.5, 0.6) is 0 Å². The van der Waals surface area contributed by atoms with Crippen molar-refractivity contribution < 1.29 is 22.7 Å². The van der Waals surface area contributed by atoms with Gasteiger partial charge in [0.15, 0.2) is 0 Å². The molecule has 0 radical (unpaired) electrons. The van der Waals surface area contributed by atoms with Gasteiger partial charge in [0.2, 0.25) is 11.9 Å². The fourth-order valence-electron chi connectivity index (χ4n) is 2.65. The molecule has 3 rings (SSSR count). The van der Waals surface area contributed by atoms with E-state index in [2.05, 4.69) is 15.3 Å². The first-order chi connectivity index (χ1) is 12.9. The van der Waals surface area contributed by atoms with Crippen LogP contribution in [0.3, 0.4) is 0 Å². The summed E-state index contributed by atoms with van der Waals surface area (Å²) < 4.78 is 43.0. The molecule has 27 heavy (non-hydrogen) atoms. The molecule has 144 valence electrons. The van der Waals surface area contributed by atoms with Gasteiger partial charge in [0, 0.05) is 19.3 Å². The molecule has 0 aliphatic carbocycles. The second-order valence-corrected chi connectivity index (χ2v) is 6.10. The van der Waals surface area contributed by atoms with Crippen LogP contribution >= 0.6 is 0 Å². The molecule has 0 atom stereocenters. The molecule has 2 heterocycles. The number of halogens is 3. The van der Waals surface area contributed by atoms with Crippen LogP contribution in [0.15, 0.2) is 36.5 Å². The summed E-state index contributed by atoms with van der Waals surface area (Å²) in [6.07, 6.45) is -2.75. The van der Waals surface area contributed by atoms with Crippen molar-refractivity contribution in [1.29, 1.82) is 0 Å². The Bertz CT molecular complexity index is 775. The van der Waals surface area contributed by atoms with Gasteiger partial charge in [-0.25, -0.2) is 9.97 Å². The Morgan fingerprint density at radius 1 is 1.15 bits per heavy atom. The molecular weight excluding hydrogens is 361 g/mol. The van der Waals surface area contributed by atoms with Crippen LogP contribution in [0, 0.1) is 0 Å². The number of alkyl halides is 3. The van der Waals surface area contributed by atoms with Crippen molar-refractivity contribution >= 4 is 11.9 Å². The number of benzene rings is 1. The zero-order chi connectivity index (χ0) is 19.3. The maximum Gasteiger partial charge on any atom is 0.416 e. The molecule has 2 aromatic rings. The fraction of sp³-hybridized carbons (Fsp3) is 0.389. The number of nitrogens with one attached hydrogen (secondary N) is 1. The van der Waals surface area contributed by atoms with Crippen molar-refractivity contribution in [3.63, 3.8) is 0 Å². The van der Waals surface area contributed by atoms with Crippen molar-refractivity contribution in [3.8, 4) is 0 Å². The molecular formula is C18H19F3N4O2. The van der Waals surface area contributed by atoms with Gasteiger partial charge in [-0.1, -0.05) is 12.1 Å². The molecule has 1 aliphatic rings. The molecule has 0 bridgehead atoms. The van der Waals surface area contributed by atoms with Crippen molar-refractivity contribution in [2.45, 2.75) is 19.1 Å². The lowest BCUT2D eigenvalue weighted by Crippen LogP contribution is -2.37. The first-order valence-electron chi connectivity index (χ1n) is 8.49. The van der Waals surface area contributed by atoms with Crippen LogP contribution in [-0.4, -0.2) is 42.2 Å². The Balaban J connectivity index is 1.53. The SMILES string of the molecule is O=C(Cc1ccc(C(F)(F)F)cc1)NCc1ccnc(N2CCOCC2)n1. The molecule has 9 heteroatoms. The van der Waals surface area contributed by atoms with Gasteiger partial charge in [0.1, 0.15) is 0 Å². The van der Waals surface area contributed by atoms with Crippen LogP contribution in [0.2, 0.25) is 0 Å². The number of anilines is 1. The Morgan fingerprint density at radius 3 is 2.52 bits per heavy atom. The summed E-state index contributed by atoms with van der Waals surface area (Å²) in [5.74, 6) is 0.300. The zero-order valence-electron chi connectivity index (χ0n) is 14.5. The van der Waals surface area contributed by atoms with E-state index in [4.69, 9.17) is 4.74 Å². The summed E-state index contributed by atoms with van der Waals surface area (Å²) in [5.41, 5.74) is 0.438. The van der Waals surface area contributed by atoms with Crippen LogP contribution in [0.25, 0.3) is 0 Å². The average Bonchev–Trinajstić information content (AvgIpc) is 2.67. The van der Waals surface area contributed by atoms with Crippen LogP contribution in [-0.2, 0) is 28.7 Å². The lowest BCUT2D eigenvalue weighted by atomic mass is 10.1. The minimum absolute atomic E-state index is 0.000455. The summed E-state index contributed by atoms with van der Waals surface area (Å²) in [6.45, 7) is 2.89. The summed E-state index contributed by atoms with van der Waals surface area (Å²) in [5, 5.41) is 2.73. The van der Waals surface area contributed by atoms with Gasteiger partial charge in [-0.05, 0) is 23.8 Å². The smallest absolute Gasteiger partial charge is 0.378 e. The number of morpholine rings is 1. The minimum atomic E-state index is -4.38. The van der Waals surface area contributed by atoms with Gasteiger partial charge < -0.3 is 15.0 Å². The number of ether oxygens (including phenoxy) is 1. The Morgan fingerprint density at radius 2 is 1.85 bits per heavy atom. The molecule has 1 N–H and O–H groups in total. The van der Waals surface area contributed by atoms with Gasteiger partial charge in [0.05, 0.1) is 37.4 Å². The fourth-order valence-corrected chi connectivity index (χ4v) is 2.65. The molecule has 6 nitrogen and oxygen atoms in total. The van der Waals surface area contributed by atoms with Crippen molar-refractivity contribution in [3.05, 3.63) is 53.3 Å². The number of hydrogen-bond acceptors (Lipinski definition) is 5. The highest BCUT2D eigenvalue weighted by molar-refractivity contribution is 5.78. The molecule has 1 aliphatic heterocycles. The minimum Gasteiger partial charge on any atom is -0.378 e. The summed E-state index contributed by atoms with van der Waals surface area (Å²) in [7, 11) is 0. The maximum absolute atomic E-state index is 12.6. The van der Waals surface area contributed by atoms with Crippen LogP contribution in [0.4, 0.5) is 19.1 Å². The number of rotatable bonds is 5. The van der Waals surface area contributed by atoms with E-state index in [9.17, 15) is 18.0 Å². The molecule has 1 fully saturated rings. The number of aromatic nitrogens is 2. The second-order valence-electron chi connectivity index (χ2n) is 6.10. The van der Waals surface area contributed by atoms with Crippen molar-refractivity contribution in [1.82, 2.24) is 15.3 Å². The largest absolute Gasteiger partial charge is 0.416 e. The van der Waals surface area contributed by atoms with E-state index >= 15 is 0 Å². The van der Waals surface area contributed by atoms with Crippen LogP contribution < -0.4 is 10.2 Å².